The van der Waals surface area contributed by atoms with Crippen LogP contribution in [0.1, 0.15) is 28.8 Å². The number of fused-ring (bicyclic) bond motifs is 1. The molecule has 0 saturated carbocycles. The van der Waals surface area contributed by atoms with Crippen LogP contribution in [0, 0.1) is 19.8 Å². The fourth-order valence-corrected chi connectivity index (χ4v) is 5.36. The first kappa shape index (κ1) is 22.3. The Bertz CT molecular complexity index is 1120. The van der Waals surface area contributed by atoms with Crippen molar-refractivity contribution in [2.75, 3.05) is 39.3 Å². The van der Waals surface area contributed by atoms with Crippen LogP contribution in [0.25, 0.3) is 10.2 Å². The van der Waals surface area contributed by atoms with Crippen LogP contribution in [-0.4, -0.2) is 55.1 Å². The van der Waals surface area contributed by atoms with Gasteiger partial charge in [-0.1, -0.05) is 0 Å². The highest BCUT2D eigenvalue weighted by atomic mass is 32.1. The molecule has 1 amide bonds. The second kappa shape index (κ2) is 9.32. The number of carbonyl (C=O) groups is 1. The molecular weight excluding hydrogens is 424 g/mol. The number of anilines is 1. The zero-order chi connectivity index (χ0) is 22.8. The third-order valence-corrected chi connectivity index (χ3v) is 7.48. The van der Waals surface area contributed by atoms with Crippen LogP contribution < -0.4 is 14.4 Å². The minimum absolute atomic E-state index is 0.0168. The van der Waals surface area contributed by atoms with E-state index in [-0.39, 0.29) is 11.8 Å². The number of thiophene rings is 1. The maximum absolute atomic E-state index is 13.2. The fourth-order valence-electron chi connectivity index (χ4n) is 4.37. The maximum atomic E-state index is 13.2. The Morgan fingerprint density at radius 2 is 1.94 bits per heavy atom. The molecule has 4 rings (SSSR count). The van der Waals surface area contributed by atoms with E-state index in [9.17, 15) is 4.79 Å². The lowest BCUT2D eigenvalue weighted by Gasteiger charge is -2.34. The Balaban J connectivity index is 1.42. The molecule has 1 aliphatic heterocycles. The monoisotopic (exact) mass is 454 g/mol. The number of hydrogen-bond acceptors (Lipinski definition) is 7. The Labute approximate surface area is 193 Å². The molecule has 0 radical (unpaired) electrons. The van der Waals surface area contributed by atoms with Crippen LogP contribution in [0.4, 0.5) is 5.82 Å². The van der Waals surface area contributed by atoms with E-state index < -0.39 is 0 Å². The van der Waals surface area contributed by atoms with Crippen molar-refractivity contribution in [3.05, 3.63) is 40.5 Å². The van der Waals surface area contributed by atoms with Crippen LogP contribution in [0.15, 0.2) is 24.5 Å². The third-order valence-electron chi connectivity index (χ3n) is 6.37. The minimum atomic E-state index is 0.0168. The summed E-state index contributed by atoms with van der Waals surface area (Å²) in [7, 11) is 5.13. The van der Waals surface area contributed by atoms with Crippen molar-refractivity contribution in [1.29, 1.82) is 0 Å². The lowest BCUT2D eigenvalue weighted by Crippen LogP contribution is -2.41. The van der Waals surface area contributed by atoms with E-state index in [0.717, 1.165) is 59.0 Å². The summed E-state index contributed by atoms with van der Waals surface area (Å²) >= 11 is 1.72. The summed E-state index contributed by atoms with van der Waals surface area (Å²) in [6.07, 6.45) is 3.29. The average molecular weight is 455 g/mol. The minimum Gasteiger partial charge on any atom is -0.497 e. The predicted octanol–water partition coefficient (Wildman–Crippen LogP) is 4.20. The van der Waals surface area contributed by atoms with Gasteiger partial charge in [0.15, 0.2) is 0 Å². The highest BCUT2D eigenvalue weighted by molar-refractivity contribution is 7.18. The van der Waals surface area contributed by atoms with Gasteiger partial charge in [-0.2, -0.15) is 0 Å². The molecule has 8 heteroatoms. The summed E-state index contributed by atoms with van der Waals surface area (Å²) in [6.45, 7) is 6.41. The van der Waals surface area contributed by atoms with Crippen LogP contribution in [0.5, 0.6) is 11.5 Å². The molecule has 170 valence electrons. The largest absolute Gasteiger partial charge is 0.497 e. The predicted molar refractivity (Wildman–Crippen MR) is 128 cm³/mol. The number of amides is 1. The summed E-state index contributed by atoms with van der Waals surface area (Å²) in [6, 6.07) is 5.70. The van der Waals surface area contributed by atoms with Crippen molar-refractivity contribution in [3.8, 4) is 11.5 Å². The number of nitrogens with zero attached hydrogens (tertiary/aromatic N) is 4. The van der Waals surface area contributed by atoms with Crippen molar-refractivity contribution >= 4 is 33.3 Å². The summed E-state index contributed by atoms with van der Waals surface area (Å²) in [5, 5.41) is 1.16. The number of aromatic nitrogens is 2. The quantitative estimate of drug-likeness (QED) is 0.556. The van der Waals surface area contributed by atoms with E-state index in [1.54, 1.807) is 36.8 Å². The molecule has 1 fully saturated rings. The second-order valence-electron chi connectivity index (χ2n) is 8.29. The van der Waals surface area contributed by atoms with Gasteiger partial charge in [0.05, 0.1) is 19.6 Å². The molecule has 2 aromatic heterocycles. The van der Waals surface area contributed by atoms with Gasteiger partial charge in [-0.15, -0.1) is 11.3 Å². The van der Waals surface area contributed by atoms with Gasteiger partial charge in [0, 0.05) is 49.1 Å². The van der Waals surface area contributed by atoms with Crippen LogP contribution in [-0.2, 0) is 11.3 Å². The molecule has 1 saturated heterocycles. The normalized spacial score (nSPS) is 14.6. The summed E-state index contributed by atoms with van der Waals surface area (Å²) in [4.78, 5) is 28.6. The van der Waals surface area contributed by atoms with Gasteiger partial charge in [-0.05, 0) is 44.4 Å². The zero-order valence-electron chi connectivity index (χ0n) is 19.3. The van der Waals surface area contributed by atoms with Crippen molar-refractivity contribution in [3.63, 3.8) is 0 Å². The molecule has 0 spiro atoms. The smallest absolute Gasteiger partial charge is 0.225 e. The fraction of sp³-hybridized carbons (Fsp3) is 0.458. The molecule has 7 nitrogen and oxygen atoms in total. The first-order chi connectivity index (χ1) is 15.4. The number of hydrogen-bond donors (Lipinski definition) is 0. The lowest BCUT2D eigenvalue weighted by atomic mass is 9.95. The first-order valence-electron chi connectivity index (χ1n) is 10.8. The van der Waals surface area contributed by atoms with Gasteiger partial charge in [0.2, 0.25) is 5.91 Å². The lowest BCUT2D eigenvalue weighted by molar-refractivity contribution is -0.135. The summed E-state index contributed by atoms with van der Waals surface area (Å²) in [5.74, 6) is 2.66. The highest BCUT2D eigenvalue weighted by Gasteiger charge is 2.29. The van der Waals surface area contributed by atoms with E-state index in [4.69, 9.17) is 9.47 Å². The third kappa shape index (κ3) is 4.24. The van der Waals surface area contributed by atoms with Crippen molar-refractivity contribution in [1.82, 2.24) is 14.9 Å². The van der Waals surface area contributed by atoms with Gasteiger partial charge >= 0.3 is 0 Å². The second-order valence-corrected chi connectivity index (χ2v) is 9.50. The number of rotatable bonds is 6. The molecule has 3 heterocycles. The molecule has 0 aliphatic carbocycles. The van der Waals surface area contributed by atoms with Gasteiger partial charge in [0.1, 0.15) is 28.5 Å². The molecule has 3 aromatic rings. The molecule has 1 aromatic carbocycles. The Morgan fingerprint density at radius 1 is 1.19 bits per heavy atom. The van der Waals surface area contributed by atoms with E-state index >= 15 is 0 Å². The van der Waals surface area contributed by atoms with Crippen molar-refractivity contribution < 1.29 is 14.3 Å². The average Bonchev–Trinajstić information content (AvgIpc) is 3.12. The Hall–Kier alpha value is -2.87. The van der Waals surface area contributed by atoms with Gasteiger partial charge < -0.3 is 19.3 Å². The number of piperidine rings is 1. The van der Waals surface area contributed by atoms with Crippen LogP contribution in [0.2, 0.25) is 0 Å². The number of carbonyl (C=O) groups excluding carboxylic acids is 1. The van der Waals surface area contributed by atoms with Gasteiger partial charge in [-0.25, -0.2) is 9.97 Å². The molecule has 0 unspecified atom stereocenters. The van der Waals surface area contributed by atoms with Crippen molar-refractivity contribution in [2.24, 2.45) is 5.92 Å². The summed E-state index contributed by atoms with van der Waals surface area (Å²) < 4.78 is 10.8. The van der Waals surface area contributed by atoms with Gasteiger partial charge in [-0.3, -0.25) is 4.79 Å². The molecular formula is C24H30N4O3S. The molecule has 0 atom stereocenters. The van der Waals surface area contributed by atoms with Crippen LogP contribution in [0.3, 0.4) is 0 Å². The molecule has 1 aliphatic rings. The maximum Gasteiger partial charge on any atom is 0.225 e. The standard InChI is InChI=1S/C24H30N4O3S/c1-15-16(2)32-23-21(15)22(25-14-26-23)28-10-8-17(9-11-28)24(29)27(3)13-18-6-7-19(30-4)12-20(18)31-5/h6-7,12,14,17H,8-11,13H2,1-5H3. The Morgan fingerprint density at radius 3 is 2.62 bits per heavy atom. The first-order valence-corrected chi connectivity index (χ1v) is 11.7. The highest BCUT2D eigenvalue weighted by Crippen LogP contribution is 2.36. The van der Waals surface area contributed by atoms with Gasteiger partial charge in [0.25, 0.3) is 0 Å². The molecule has 0 N–H and O–H groups in total. The number of ether oxygens (including phenoxy) is 2. The van der Waals surface area contributed by atoms with Crippen molar-refractivity contribution in [2.45, 2.75) is 33.2 Å². The number of benzene rings is 1. The van der Waals surface area contributed by atoms with E-state index in [2.05, 4.69) is 28.7 Å². The van der Waals surface area contributed by atoms with E-state index in [0.29, 0.717) is 6.54 Å². The summed E-state index contributed by atoms with van der Waals surface area (Å²) in [5.41, 5.74) is 2.22. The number of aryl methyl sites for hydroxylation is 2. The SMILES string of the molecule is COc1ccc(CN(C)C(=O)C2CCN(c3ncnc4sc(C)c(C)c34)CC2)c(OC)c1. The Kier molecular flexibility index (Phi) is 6.50. The van der Waals surface area contributed by atoms with E-state index in [1.165, 1.54) is 10.4 Å². The topological polar surface area (TPSA) is 67.8 Å². The molecule has 0 bridgehead atoms. The zero-order valence-corrected chi connectivity index (χ0v) is 20.2. The number of methoxy groups -OCH3 is 2. The van der Waals surface area contributed by atoms with E-state index in [1.807, 2.05) is 25.2 Å². The van der Waals surface area contributed by atoms with Crippen LogP contribution >= 0.6 is 11.3 Å². The molecule has 32 heavy (non-hydrogen) atoms.